The minimum absolute atomic E-state index is 0.337. The smallest absolute Gasteiger partial charge is 0.344 e. The van der Waals surface area contributed by atoms with Crippen LogP contribution in [0.3, 0.4) is 0 Å². The van der Waals surface area contributed by atoms with Gasteiger partial charge in [0.05, 0.1) is 16.8 Å². The molecule has 0 spiro atoms. The quantitative estimate of drug-likeness (QED) is 0.525. The van der Waals surface area contributed by atoms with Crippen LogP contribution in [0.2, 0.25) is 0 Å². The molecule has 0 saturated carbocycles. The number of fused-ring (bicyclic) bond motifs is 2. The molecule has 0 unspecified atom stereocenters. The third-order valence-electron chi connectivity index (χ3n) is 5.59. The summed E-state index contributed by atoms with van der Waals surface area (Å²) in [7, 11) is 2.13. The van der Waals surface area contributed by atoms with E-state index in [1.54, 1.807) is 0 Å². The standard InChI is InChI=1S/C22H23N5O2/c1-14-12-27-13-19(24-21(27)15(2)23-14)20-10-16-4-5-17(11-18(16)22(28)29-20)26-8-6-25(3)7-9-26/h4-5,10-13H,6-9H2,1-3H3. The van der Waals surface area contributed by atoms with Crippen molar-refractivity contribution in [3.63, 3.8) is 0 Å². The van der Waals surface area contributed by atoms with E-state index < -0.39 is 0 Å². The Balaban J connectivity index is 1.56. The minimum atomic E-state index is -0.337. The summed E-state index contributed by atoms with van der Waals surface area (Å²) < 4.78 is 7.58. The Morgan fingerprint density at radius 2 is 1.79 bits per heavy atom. The van der Waals surface area contributed by atoms with Gasteiger partial charge in [-0.3, -0.25) is 4.98 Å². The highest BCUT2D eigenvalue weighted by Crippen LogP contribution is 2.26. The minimum Gasteiger partial charge on any atom is -0.421 e. The van der Waals surface area contributed by atoms with Crippen molar-refractivity contribution in [3.8, 4) is 11.5 Å². The van der Waals surface area contributed by atoms with Gasteiger partial charge in [0.2, 0.25) is 0 Å². The average molecular weight is 389 g/mol. The first-order chi connectivity index (χ1) is 14.0. The molecule has 5 rings (SSSR count). The second-order valence-corrected chi connectivity index (χ2v) is 7.78. The van der Waals surface area contributed by atoms with Gasteiger partial charge < -0.3 is 18.6 Å². The Hall–Kier alpha value is -3.19. The summed E-state index contributed by atoms with van der Waals surface area (Å²) in [6, 6.07) is 7.91. The fourth-order valence-corrected chi connectivity index (χ4v) is 3.98. The number of rotatable bonds is 2. The van der Waals surface area contributed by atoms with Gasteiger partial charge in [0.25, 0.3) is 0 Å². The van der Waals surface area contributed by atoms with E-state index in [0.717, 1.165) is 54.3 Å². The largest absolute Gasteiger partial charge is 0.421 e. The lowest BCUT2D eigenvalue weighted by atomic mass is 10.1. The zero-order valence-electron chi connectivity index (χ0n) is 16.8. The summed E-state index contributed by atoms with van der Waals surface area (Å²) in [5.74, 6) is 0.468. The van der Waals surface area contributed by atoms with Gasteiger partial charge in [-0.2, -0.15) is 0 Å². The van der Waals surface area contributed by atoms with Crippen LogP contribution in [-0.4, -0.2) is 52.5 Å². The van der Waals surface area contributed by atoms with Gasteiger partial charge in [-0.05, 0) is 44.5 Å². The van der Waals surface area contributed by atoms with Crippen LogP contribution in [0.4, 0.5) is 5.69 Å². The number of hydrogen-bond acceptors (Lipinski definition) is 6. The van der Waals surface area contributed by atoms with Crippen molar-refractivity contribution in [1.82, 2.24) is 19.3 Å². The Labute approximate surface area is 168 Å². The Morgan fingerprint density at radius 3 is 2.59 bits per heavy atom. The van der Waals surface area contributed by atoms with Crippen LogP contribution < -0.4 is 10.5 Å². The van der Waals surface area contributed by atoms with E-state index in [9.17, 15) is 4.79 Å². The molecule has 0 amide bonds. The SMILES string of the molecule is Cc1cn2cc(-c3cc4ccc(N5CCN(C)CC5)cc4c(=O)o3)nc2c(C)n1. The topological polar surface area (TPSA) is 66.9 Å². The van der Waals surface area contributed by atoms with Crippen LogP contribution >= 0.6 is 0 Å². The van der Waals surface area contributed by atoms with Crippen LogP contribution in [0.25, 0.3) is 27.9 Å². The number of aryl methyl sites for hydroxylation is 2. The zero-order valence-corrected chi connectivity index (χ0v) is 16.8. The van der Waals surface area contributed by atoms with Crippen molar-refractivity contribution in [3.05, 3.63) is 58.5 Å². The lowest BCUT2D eigenvalue weighted by Crippen LogP contribution is -2.44. The van der Waals surface area contributed by atoms with Crippen molar-refractivity contribution < 1.29 is 4.42 Å². The zero-order chi connectivity index (χ0) is 20.1. The second-order valence-electron chi connectivity index (χ2n) is 7.78. The highest BCUT2D eigenvalue weighted by atomic mass is 16.4. The maximum absolute atomic E-state index is 12.8. The summed E-state index contributed by atoms with van der Waals surface area (Å²) in [4.78, 5) is 26.5. The van der Waals surface area contributed by atoms with Crippen LogP contribution in [0.1, 0.15) is 11.4 Å². The molecule has 148 valence electrons. The van der Waals surface area contributed by atoms with Crippen molar-refractivity contribution in [1.29, 1.82) is 0 Å². The molecule has 4 heterocycles. The third-order valence-corrected chi connectivity index (χ3v) is 5.59. The summed E-state index contributed by atoms with van der Waals surface area (Å²) in [5, 5.41) is 1.46. The maximum atomic E-state index is 12.8. The van der Waals surface area contributed by atoms with E-state index in [4.69, 9.17) is 4.42 Å². The van der Waals surface area contributed by atoms with E-state index in [1.807, 2.05) is 48.8 Å². The molecule has 0 atom stereocenters. The molecular formula is C22H23N5O2. The predicted octanol–water partition coefficient (Wildman–Crippen LogP) is 2.87. The van der Waals surface area contributed by atoms with E-state index in [2.05, 4.69) is 32.9 Å². The number of anilines is 1. The third kappa shape index (κ3) is 3.17. The highest BCUT2D eigenvalue weighted by molar-refractivity contribution is 5.87. The first kappa shape index (κ1) is 17.9. The van der Waals surface area contributed by atoms with Gasteiger partial charge in [-0.1, -0.05) is 6.07 Å². The average Bonchev–Trinajstić information content (AvgIpc) is 3.13. The number of benzene rings is 1. The van der Waals surface area contributed by atoms with E-state index in [0.29, 0.717) is 16.8 Å². The fourth-order valence-electron chi connectivity index (χ4n) is 3.98. The molecule has 1 aliphatic heterocycles. The molecule has 0 N–H and O–H groups in total. The Bertz CT molecular complexity index is 1280. The van der Waals surface area contributed by atoms with Gasteiger partial charge in [-0.15, -0.1) is 0 Å². The first-order valence-corrected chi connectivity index (χ1v) is 9.83. The van der Waals surface area contributed by atoms with Gasteiger partial charge in [0, 0.05) is 44.3 Å². The number of imidazole rings is 1. The number of nitrogens with zero attached hydrogens (tertiary/aromatic N) is 5. The molecule has 7 heteroatoms. The van der Waals surface area contributed by atoms with Gasteiger partial charge in [-0.25, -0.2) is 9.78 Å². The van der Waals surface area contributed by atoms with Crippen molar-refractivity contribution >= 4 is 22.1 Å². The van der Waals surface area contributed by atoms with Crippen LogP contribution in [0.5, 0.6) is 0 Å². The fraction of sp³-hybridized carbons (Fsp3) is 0.318. The summed E-state index contributed by atoms with van der Waals surface area (Å²) >= 11 is 0. The van der Waals surface area contributed by atoms with Gasteiger partial charge in [0.1, 0.15) is 5.69 Å². The number of likely N-dealkylation sites (N-methyl/N-ethyl adjacent to an activating group) is 1. The van der Waals surface area contributed by atoms with Crippen molar-refractivity contribution in [2.45, 2.75) is 13.8 Å². The van der Waals surface area contributed by atoms with E-state index in [1.165, 1.54) is 0 Å². The molecule has 1 aromatic carbocycles. The molecule has 1 aliphatic rings. The molecular weight excluding hydrogens is 366 g/mol. The summed E-state index contributed by atoms with van der Waals surface area (Å²) in [6.45, 7) is 7.83. The van der Waals surface area contributed by atoms with Crippen LogP contribution in [0, 0.1) is 13.8 Å². The second kappa shape index (κ2) is 6.70. The van der Waals surface area contributed by atoms with Gasteiger partial charge >= 0.3 is 5.63 Å². The van der Waals surface area contributed by atoms with Crippen molar-refractivity contribution in [2.24, 2.45) is 0 Å². The molecule has 1 fully saturated rings. The summed E-state index contributed by atoms with van der Waals surface area (Å²) in [5.41, 5.74) is 3.88. The molecule has 1 saturated heterocycles. The van der Waals surface area contributed by atoms with Crippen LogP contribution in [0.15, 0.2) is 45.9 Å². The Morgan fingerprint density at radius 1 is 1.00 bits per heavy atom. The normalized spacial score (nSPS) is 15.5. The molecule has 0 radical (unpaired) electrons. The number of aromatic nitrogens is 3. The Kier molecular flexibility index (Phi) is 4.13. The number of hydrogen-bond donors (Lipinski definition) is 0. The molecule has 0 aliphatic carbocycles. The first-order valence-electron chi connectivity index (χ1n) is 9.83. The molecule has 3 aromatic heterocycles. The highest BCUT2D eigenvalue weighted by Gasteiger charge is 2.17. The van der Waals surface area contributed by atoms with Crippen molar-refractivity contribution in [2.75, 3.05) is 38.1 Å². The molecule has 29 heavy (non-hydrogen) atoms. The monoisotopic (exact) mass is 389 g/mol. The summed E-state index contributed by atoms with van der Waals surface area (Å²) in [6.07, 6.45) is 3.79. The number of piperazine rings is 1. The van der Waals surface area contributed by atoms with Gasteiger partial charge in [0.15, 0.2) is 11.4 Å². The van der Waals surface area contributed by atoms with E-state index in [-0.39, 0.29) is 5.63 Å². The maximum Gasteiger partial charge on any atom is 0.344 e. The lowest BCUT2D eigenvalue weighted by molar-refractivity contribution is 0.313. The predicted molar refractivity (Wildman–Crippen MR) is 114 cm³/mol. The molecule has 0 bridgehead atoms. The van der Waals surface area contributed by atoms with Crippen LogP contribution in [-0.2, 0) is 0 Å². The molecule has 7 nitrogen and oxygen atoms in total. The lowest BCUT2D eigenvalue weighted by Gasteiger charge is -2.34. The van der Waals surface area contributed by atoms with E-state index >= 15 is 0 Å². The molecule has 4 aromatic rings.